The monoisotopic (exact) mass is 391 g/mol. The van der Waals surface area contributed by atoms with Gasteiger partial charge in [0, 0.05) is 19.1 Å². The summed E-state index contributed by atoms with van der Waals surface area (Å²) in [6.45, 7) is 2.58. The minimum Gasteiger partial charge on any atom is -0.354 e. The largest absolute Gasteiger partial charge is 0.402 e. The molecule has 0 aromatic carbocycles. The first-order valence-corrected chi connectivity index (χ1v) is 9.81. The van der Waals surface area contributed by atoms with E-state index in [-0.39, 0.29) is 12.8 Å². The van der Waals surface area contributed by atoms with Crippen LogP contribution in [-0.2, 0) is 10.0 Å². The lowest BCUT2D eigenvalue weighted by Gasteiger charge is -2.38. The predicted octanol–water partition coefficient (Wildman–Crippen LogP) is 1.76. The molecule has 0 N–H and O–H groups in total. The quantitative estimate of drug-likeness (QED) is 0.777. The van der Waals surface area contributed by atoms with Crippen LogP contribution in [0.5, 0.6) is 0 Å². The number of aryl methyl sites for hydroxylation is 1. The van der Waals surface area contributed by atoms with Crippen molar-refractivity contribution in [2.45, 2.75) is 38.9 Å². The summed E-state index contributed by atoms with van der Waals surface area (Å²) in [4.78, 5) is 1.77. The van der Waals surface area contributed by atoms with Crippen LogP contribution in [0.1, 0.15) is 29.7 Å². The van der Waals surface area contributed by atoms with Crippen LogP contribution in [0.15, 0.2) is 0 Å². The van der Waals surface area contributed by atoms with Crippen LogP contribution in [0.3, 0.4) is 0 Å². The molecule has 1 aromatic heterocycles. The maximum Gasteiger partial charge on any atom is 0.402 e. The number of nitrogens with zero attached hydrogens (tertiary/aromatic N) is 5. The Morgan fingerprint density at radius 3 is 2.31 bits per heavy atom. The van der Waals surface area contributed by atoms with Crippen molar-refractivity contribution in [3.05, 3.63) is 16.8 Å². The molecule has 0 radical (unpaired) electrons. The summed E-state index contributed by atoms with van der Waals surface area (Å²) in [5.41, 5.74) is 1.72. The molecule has 0 saturated carbocycles. The van der Waals surface area contributed by atoms with Crippen LogP contribution in [-0.4, -0.2) is 61.0 Å². The molecule has 1 saturated heterocycles. The number of sulfonamides is 1. The van der Waals surface area contributed by atoms with Gasteiger partial charge in [-0.3, -0.25) is 0 Å². The molecule has 1 aliphatic heterocycles. The van der Waals surface area contributed by atoms with Gasteiger partial charge < -0.3 is 4.90 Å². The fraction of sp³-hybridized carbons (Fsp3) is 0.667. The van der Waals surface area contributed by atoms with Crippen LogP contribution >= 0.6 is 0 Å². The van der Waals surface area contributed by atoms with Gasteiger partial charge >= 0.3 is 6.18 Å². The molecule has 11 heteroatoms. The van der Waals surface area contributed by atoms with Crippen LogP contribution in [0.4, 0.5) is 19.0 Å². The third-order valence-corrected chi connectivity index (χ3v) is 5.76. The normalized spacial score (nSPS) is 16.8. The number of rotatable bonds is 4. The molecule has 1 aliphatic rings. The highest BCUT2D eigenvalue weighted by Crippen LogP contribution is 2.28. The molecule has 1 fully saturated rings. The minimum atomic E-state index is -4.60. The molecule has 0 atom stereocenters. The van der Waals surface area contributed by atoms with Gasteiger partial charge in [0.05, 0.1) is 11.9 Å². The van der Waals surface area contributed by atoms with Crippen LogP contribution in [0, 0.1) is 25.2 Å². The zero-order valence-electron chi connectivity index (χ0n) is 14.7. The molecule has 0 spiro atoms. The number of hydrogen-bond donors (Lipinski definition) is 0. The van der Waals surface area contributed by atoms with Gasteiger partial charge in [0.2, 0.25) is 10.0 Å². The Morgan fingerprint density at radius 2 is 1.85 bits per heavy atom. The van der Waals surface area contributed by atoms with Crippen molar-refractivity contribution in [1.29, 1.82) is 5.26 Å². The fourth-order valence-electron chi connectivity index (χ4n) is 3.01. The lowest BCUT2D eigenvalue weighted by molar-refractivity contribution is -0.139. The van der Waals surface area contributed by atoms with Gasteiger partial charge in [0.1, 0.15) is 18.2 Å². The lowest BCUT2D eigenvalue weighted by atomic mass is 10.0. The van der Waals surface area contributed by atoms with Crippen molar-refractivity contribution in [3.8, 4) is 6.07 Å². The molecule has 0 aliphatic carbocycles. The molecule has 0 bridgehead atoms. The highest BCUT2D eigenvalue weighted by molar-refractivity contribution is 7.88. The lowest BCUT2D eigenvalue weighted by Crippen LogP contribution is -2.50. The molecule has 2 rings (SSSR count). The van der Waals surface area contributed by atoms with Crippen molar-refractivity contribution in [2.75, 3.05) is 30.8 Å². The zero-order chi connectivity index (χ0) is 19.7. The Kier molecular flexibility index (Phi) is 5.77. The van der Waals surface area contributed by atoms with E-state index < -0.39 is 28.8 Å². The van der Waals surface area contributed by atoms with Gasteiger partial charge in [0.25, 0.3) is 0 Å². The first-order chi connectivity index (χ1) is 11.9. The fourth-order valence-corrected chi connectivity index (χ4v) is 4.14. The average Bonchev–Trinajstić information content (AvgIpc) is 2.53. The highest BCUT2D eigenvalue weighted by atomic mass is 32.2. The van der Waals surface area contributed by atoms with Crippen LogP contribution in [0.25, 0.3) is 0 Å². The van der Waals surface area contributed by atoms with E-state index in [1.807, 2.05) is 0 Å². The number of aromatic nitrogens is 2. The highest BCUT2D eigenvalue weighted by Gasteiger charge is 2.39. The minimum absolute atomic E-state index is 0.211. The van der Waals surface area contributed by atoms with Crippen molar-refractivity contribution < 1.29 is 21.6 Å². The molecule has 144 valence electrons. The van der Waals surface area contributed by atoms with Crippen molar-refractivity contribution >= 4 is 15.8 Å². The Hall–Kier alpha value is -1.93. The molecule has 0 amide bonds. The molecule has 1 aromatic rings. The van der Waals surface area contributed by atoms with E-state index in [0.29, 0.717) is 40.0 Å². The average molecular weight is 391 g/mol. The Labute approximate surface area is 150 Å². The van der Waals surface area contributed by atoms with Crippen molar-refractivity contribution in [1.82, 2.24) is 14.5 Å². The second kappa shape index (κ2) is 7.36. The molecule has 7 nitrogen and oxygen atoms in total. The summed E-state index contributed by atoms with van der Waals surface area (Å²) in [5, 5.41) is 17.4. The molecular formula is C15H20F3N5O2S. The third-order valence-electron chi connectivity index (χ3n) is 4.48. The van der Waals surface area contributed by atoms with Gasteiger partial charge in [-0.05, 0) is 32.3 Å². The van der Waals surface area contributed by atoms with Crippen LogP contribution < -0.4 is 4.90 Å². The molecule has 0 unspecified atom stereocenters. The number of hydrogen-bond acceptors (Lipinski definition) is 6. The maximum absolute atomic E-state index is 12.7. The first-order valence-electron chi connectivity index (χ1n) is 7.96. The summed E-state index contributed by atoms with van der Waals surface area (Å²) in [6.07, 6.45) is -3.40. The van der Waals surface area contributed by atoms with Gasteiger partial charge in [-0.1, -0.05) is 0 Å². The topological polar surface area (TPSA) is 90.2 Å². The van der Waals surface area contributed by atoms with Gasteiger partial charge in [-0.25, -0.2) is 8.42 Å². The Morgan fingerprint density at radius 1 is 1.27 bits per heavy atom. The molecular weight excluding hydrogens is 371 g/mol. The first kappa shape index (κ1) is 20.4. The van der Waals surface area contributed by atoms with Gasteiger partial charge in [0.15, 0.2) is 5.82 Å². The standard InChI is InChI=1S/C15H20F3N5O2S/c1-10-11(2)20-21-14(13(10)8-19)22-6-4-12(5-7-22)23(26(3,24)25)9-15(16,17)18/h12H,4-7,9H2,1-3H3. The number of halogens is 3. The second-order valence-corrected chi connectivity index (χ2v) is 8.30. The van der Waals surface area contributed by atoms with E-state index in [1.54, 1.807) is 18.7 Å². The van der Waals surface area contributed by atoms with Crippen molar-refractivity contribution in [3.63, 3.8) is 0 Å². The zero-order valence-corrected chi connectivity index (χ0v) is 15.5. The SMILES string of the molecule is Cc1nnc(N2CCC(N(CC(F)(F)F)S(C)(=O)=O)CC2)c(C#N)c1C. The molecule has 2 heterocycles. The second-order valence-electron chi connectivity index (χ2n) is 6.36. The Balaban J connectivity index is 2.19. The summed E-state index contributed by atoms with van der Waals surface area (Å²) in [5.74, 6) is 0.385. The van der Waals surface area contributed by atoms with Crippen molar-refractivity contribution in [2.24, 2.45) is 0 Å². The van der Waals surface area contributed by atoms with E-state index >= 15 is 0 Å². The van der Waals surface area contributed by atoms with E-state index in [0.717, 1.165) is 6.26 Å². The third kappa shape index (κ3) is 4.62. The molecule has 26 heavy (non-hydrogen) atoms. The van der Waals surface area contributed by atoms with Gasteiger partial charge in [-0.2, -0.15) is 27.8 Å². The summed E-state index contributed by atoms with van der Waals surface area (Å²) >= 11 is 0. The summed E-state index contributed by atoms with van der Waals surface area (Å²) < 4.78 is 62.3. The smallest absolute Gasteiger partial charge is 0.354 e. The maximum atomic E-state index is 12.7. The Bertz CT molecular complexity index is 812. The summed E-state index contributed by atoms with van der Waals surface area (Å²) in [7, 11) is -3.99. The van der Waals surface area contributed by atoms with E-state index in [9.17, 15) is 26.9 Å². The van der Waals surface area contributed by atoms with E-state index in [4.69, 9.17) is 0 Å². The van der Waals surface area contributed by atoms with Crippen LogP contribution in [0.2, 0.25) is 0 Å². The number of nitriles is 1. The van der Waals surface area contributed by atoms with Gasteiger partial charge in [-0.15, -0.1) is 5.10 Å². The number of piperidine rings is 1. The number of anilines is 1. The number of alkyl halides is 3. The predicted molar refractivity (Wildman–Crippen MR) is 89.1 cm³/mol. The van der Waals surface area contributed by atoms with E-state index in [2.05, 4.69) is 16.3 Å². The summed E-state index contributed by atoms with van der Waals surface area (Å²) in [6, 6.07) is 1.35. The van der Waals surface area contributed by atoms with E-state index in [1.165, 1.54) is 0 Å².